The van der Waals surface area contributed by atoms with Gasteiger partial charge in [0.2, 0.25) is 5.95 Å². The van der Waals surface area contributed by atoms with E-state index in [0.717, 1.165) is 23.4 Å². The molecule has 0 spiro atoms. The van der Waals surface area contributed by atoms with Crippen LogP contribution in [0.15, 0.2) is 70.3 Å². The van der Waals surface area contributed by atoms with Crippen LogP contribution < -0.4 is 16.1 Å². The van der Waals surface area contributed by atoms with Crippen LogP contribution in [-0.4, -0.2) is 25.2 Å². The number of allylic oxidation sites excluding steroid dienone is 1. The van der Waals surface area contributed by atoms with Gasteiger partial charge in [-0.3, -0.25) is 13.9 Å². The van der Waals surface area contributed by atoms with E-state index in [0.29, 0.717) is 29.6 Å². The van der Waals surface area contributed by atoms with Crippen LogP contribution in [0, 0.1) is 12.8 Å². The fourth-order valence-electron chi connectivity index (χ4n) is 4.59. The SMILES string of the molecule is Cc1ccccc1N1C[C@@H](C)Cn2c1nc1c2c(=O)n(C/C=C/c2ccccc2)c(=O)n1C. The summed E-state index contributed by atoms with van der Waals surface area (Å²) in [4.78, 5) is 33.5. The monoisotopic (exact) mass is 441 g/mol. The van der Waals surface area contributed by atoms with E-state index >= 15 is 0 Å². The molecule has 2 aromatic carbocycles. The van der Waals surface area contributed by atoms with Crippen molar-refractivity contribution in [1.29, 1.82) is 0 Å². The van der Waals surface area contributed by atoms with Crippen molar-refractivity contribution in [2.45, 2.75) is 26.9 Å². The highest BCUT2D eigenvalue weighted by Gasteiger charge is 2.30. The maximum atomic E-state index is 13.5. The van der Waals surface area contributed by atoms with Crippen LogP contribution in [0.25, 0.3) is 17.2 Å². The van der Waals surface area contributed by atoms with E-state index in [4.69, 9.17) is 4.98 Å². The molecule has 0 unspecified atom stereocenters. The van der Waals surface area contributed by atoms with Crippen molar-refractivity contribution >= 4 is 28.9 Å². The minimum Gasteiger partial charge on any atom is -0.311 e. The van der Waals surface area contributed by atoms with Crippen molar-refractivity contribution in [2.24, 2.45) is 13.0 Å². The second-order valence-corrected chi connectivity index (χ2v) is 8.77. The number of hydrogen-bond donors (Lipinski definition) is 0. The normalized spacial score (nSPS) is 16.0. The van der Waals surface area contributed by atoms with Gasteiger partial charge in [-0.05, 0) is 30.0 Å². The zero-order valence-electron chi connectivity index (χ0n) is 19.1. The Hall–Kier alpha value is -3.87. The van der Waals surface area contributed by atoms with Crippen LogP contribution in [0.3, 0.4) is 0 Å². The summed E-state index contributed by atoms with van der Waals surface area (Å²) in [7, 11) is 1.68. The quantitative estimate of drug-likeness (QED) is 0.484. The van der Waals surface area contributed by atoms with Crippen LogP contribution in [-0.2, 0) is 20.1 Å². The van der Waals surface area contributed by atoms with E-state index in [9.17, 15) is 9.59 Å². The fourth-order valence-corrected chi connectivity index (χ4v) is 4.59. The molecule has 7 nitrogen and oxygen atoms in total. The molecule has 168 valence electrons. The summed E-state index contributed by atoms with van der Waals surface area (Å²) in [5.74, 6) is 1.03. The highest BCUT2D eigenvalue weighted by atomic mass is 16.2. The molecule has 1 aliphatic heterocycles. The molecule has 0 N–H and O–H groups in total. The molecular weight excluding hydrogens is 414 g/mol. The number of rotatable bonds is 4. The molecule has 3 heterocycles. The first-order valence-corrected chi connectivity index (χ1v) is 11.2. The van der Waals surface area contributed by atoms with Crippen LogP contribution >= 0.6 is 0 Å². The second-order valence-electron chi connectivity index (χ2n) is 8.77. The smallest absolute Gasteiger partial charge is 0.311 e. The number of benzene rings is 2. The van der Waals surface area contributed by atoms with Gasteiger partial charge in [0.25, 0.3) is 5.56 Å². The molecule has 0 amide bonds. The molecule has 1 atom stereocenters. The Morgan fingerprint density at radius 3 is 2.52 bits per heavy atom. The predicted octanol–water partition coefficient (Wildman–Crippen LogP) is 3.71. The lowest BCUT2D eigenvalue weighted by Crippen LogP contribution is -2.40. The van der Waals surface area contributed by atoms with Gasteiger partial charge in [0.15, 0.2) is 11.2 Å². The standard InChI is InChI=1S/C26H27N5O2/c1-18-16-30(21-14-8-7-10-19(21)2)25-27-23-22(31(25)17-18)24(32)29(26(33)28(23)3)15-9-13-20-11-5-4-6-12-20/h4-14,18H,15-17H2,1-3H3/b13-9+/t18-/m1/s1. The lowest BCUT2D eigenvalue weighted by Gasteiger charge is -2.33. The highest BCUT2D eigenvalue weighted by molar-refractivity contribution is 5.77. The zero-order valence-corrected chi connectivity index (χ0v) is 19.1. The molecule has 7 heteroatoms. The molecule has 4 aromatic rings. The molecule has 2 aromatic heterocycles. The first-order valence-electron chi connectivity index (χ1n) is 11.2. The van der Waals surface area contributed by atoms with E-state index in [1.807, 2.05) is 59.2 Å². The Morgan fingerprint density at radius 1 is 1.03 bits per heavy atom. The molecule has 5 rings (SSSR count). The third-order valence-electron chi connectivity index (χ3n) is 6.25. The molecule has 1 aliphatic rings. The summed E-state index contributed by atoms with van der Waals surface area (Å²) < 4.78 is 4.75. The van der Waals surface area contributed by atoms with E-state index in [-0.39, 0.29) is 17.8 Å². The van der Waals surface area contributed by atoms with E-state index < -0.39 is 0 Å². The maximum Gasteiger partial charge on any atom is 0.332 e. The van der Waals surface area contributed by atoms with Crippen molar-refractivity contribution in [3.63, 3.8) is 0 Å². The molecule has 0 fully saturated rings. The summed E-state index contributed by atoms with van der Waals surface area (Å²) in [5.41, 5.74) is 3.47. The van der Waals surface area contributed by atoms with Crippen molar-refractivity contribution < 1.29 is 0 Å². The van der Waals surface area contributed by atoms with Crippen molar-refractivity contribution in [1.82, 2.24) is 18.7 Å². The number of anilines is 2. The number of aromatic nitrogens is 4. The molecule has 33 heavy (non-hydrogen) atoms. The van der Waals surface area contributed by atoms with Crippen LogP contribution in [0.4, 0.5) is 11.6 Å². The van der Waals surface area contributed by atoms with Gasteiger partial charge in [0.1, 0.15) is 0 Å². The van der Waals surface area contributed by atoms with Crippen molar-refractivity contribution in [3.05, 3.63) is 92.6 Å². The van der Waals surface area contributed by atoms with Crippen molar-refractivity contribution in [2.75, 3.05) is 11.4 Å². The summed E-state index contributed by atoms with van der Waals surface area (Å²) in [6.45, 7) is 5.93. The summed E-state index contributed by atoms with van der Waals surface area (Å²) in [6, 6.07) is 18.0. The molecule has 0 bridgehead atoms. The number of aryl methyl sites for hydroxylation is 2. The molecule has 0 radical (unpaired) electrons. The van der Waals surface area contributed by atoms with Crippen LogP contribution in [0.2, 0.25) is 0 Å². The lowest BCUT2D eigenvalue weighted by atomic mass is 10.1. The lowest BCUT2D eigenvalue weighted by molar-refractivity contribution is 0.457. The van der Waals surface area contributed by atoms with Gasteiger partial charge < -0.3 is 9.47 Å². The third kappa shape index (κ3) is 3.59. The molecular formula is C26H27N5O2. The molecule has 0 saturated carbocycles. The van der Waals surface area contributed by atoms with Gasteiger partial charge in [0, 0.05) is 32.4 Å². The van der Waals surface area contributed by atoms with E-state index in [2.05, 4.69) is 30.9 Å². The van der Waals surface area contributed by atoms with Crippen LogP contribution in [0.1, 0.15) is 18.1 Å². The van der Waals surface area contributed by atoms with Gasteiger partial charge >= 0.3 is 5.69 Å². The van der Waals surface area contributed by atoms with Gasteiger partial charge in [-0.25, -0.2) is 4.79 Å². The maximum absolute atomic E-state index is 13.5. The fraction of sp³-hybridized carbons (Fsp3) is 0.269. The van der Waals surface area contributed by atoms with Gasteiger partial charge in [-0.15, -0.1) is 0 Å². The van der Waals surface area contributed by atoms with E-state index in [1.54, 1.807) is 7.05 Å². The highest BCUT2D eigenvalue weighted by Crippen LogP contribution is 2.34. The number of para-hydroxylation sites is 1. The summed E-state index contributed by atoms with van der Waals surface area (Å²) in [5, 5.41) is 0. The Balaban J connectivity index is 1.65. The number of fused-ring (bicyclic) bond motifs is 3. The van der Waals surface area contributed by atoms with Crippen molar-refractivity contribution in [3.8, 4) is 0 Å². The van der Waals surface area contributed by atoms with Gasteiger partial charge in [-0.1, -0.05) is 67.6 Å². The minimum atomic E-state index is -0.365. The van der Waals surface area contributed by atoms with Crippen LogP contribution in [0.5, 0.6) is 0 Å². The Kier molecular flexibility index (Phi) is 5.24. The Morgan fingerprint density at radius 2 is 1.76 bits per heavy atom. The average molecular weight is 442 g/mol. The molecule has 0 saturated heterocycles. The van der Waals surface area contributed by atoms with Gasteiger partial charge in [-0.2, -0.15) is 4.98 Å². The first-order chi connectivity index (χ1) is 16.0. The molecule has 0 aliphatic carbocycles. The zero-order chi connectivity index (χ0) is 23.1. The number of nitrogens with zero attached hydrogens (tertiary/aromatic N) is 5. The summed E-state index contributed by atoms with van der Waals surface area (Å²) in [6.07, 6.45) is 3.77. The largest absolute Gasteiger partial charge is 0.332 e. The number of imidazole rings is 1. The Labute approximate surface area is 191 Å². The van der Waals surface area contributed by atoms with Gasteiger partial charge in [0.05, 0.1) is 0 Å². The topological polar surface area (TPSA) is 65.1 Å². The minimum absolute atomic E-state index is 0.202. The number of hydrogen-bond acceptors (Lipinski definition) is 4. The predicted molar refractivity (Wildman–Crippen MR) is 132 cm³/mol. The average Bonchev–Trinajstić information content (AvgIpc) is 3.20. The second kappa shape index (κ2) is 8.24. The summed E-state index contributed by atoms with van der Waals surface area (Å²) >= 11 is 0. The van der Waals surface area contributed by atoms with E-state index in [1.165, 1.54) is 9.13 Å². The Bertz CT molecular complexity index is 1480. The first kappa shape index (κ1) is 21.0. The third-order valence-corrected chi connectivity index (χ3v) is 6.25.